The molecule has 0 aromatic heterocycles. The number of guanidine groups is 1. The van der Waals surface area contributed by atoms with Crippen LogP contribution in [0.15, 0.2) is 23.2 Å². The number of fused-ring (bicyclic) bond motifs is 2. The highest BCUT2D eigenvalue weighted by atomic mass is 16.5. The van der Waals surface area contributed by atoms with Crippen LogP contribution in [0.5, 0.6) is 5.75 Å². The molecule has 1 unspecified atom stereocenters. The average Bonchev–Trinajstić information content (AvgIpc) is 3.33. The number of rotatable bonds is 16. The van der Waals surface area contributed by atoms with Crippen LogP contribution in [0.3, 0.4) is 0 Å². The van der Waals surface area contributed by atoms with Gasteiger partial charge in [0.25, 0.3) is 0 Å². The average molecular weight is 569 g/mol. The number of unbranched alkanes of at least 4 members (excludes halogenated alkanes) is 3. The van der Waals surface area contributed by atoms with Crippen molar-refractivity contribution in [3.05, 3.63) is 23.8 Å². The Hall–Kier alpha value is -3.10. The normalized spacial score (nSPS) is 17.3. The van der Waals surface area contributed by atoms with Gasteiger partial charge in [0.05, 0.1) is 18.9 Å². The van der Waals surface area contributed by atoms with Crippen LogP contribution in [0.2, 0.25) is 0 Å². The van der Waals surface area contributed by atoms with Gasteiger partial charge in [-0.1, -0.05) is 45.4 Å². The summed E-state index contributed by atoms with van der Waals surface area (Å²) < 4.78 is 11.2. The molecule has 9 nitrogen and oxygen atoms in total. The maximum absolute atomic E-state index is 13.5. The van der Waals surface area contributed by atoms with Crippen LogP contribution in [0.25, 0.3) is 0 Å². The molecule has 9 heteroatoms. The molecule has 1 saturated heterocycles. The molecule has 2 heterocycles. The summed E-state index contributed by atoms with van der Waals surface area (Å²) in [5, 5.41) is 2.79. The van der Waals surface area contributed by atoms with E-state index in [-0.39, 0.29) is 17.8 Å². The Balaban J connectivity index is 1.18. The predicted octanol–water partition coefficient (Wildman–Crippen LogP) is 5.48. The number of carbonyl (C=O) groups excluding carboxylic acids is 3. The first-order chi connectivity index (χ1) is 19.9. The van der Waals surface area contributed by atoms with Gasteiger partial charge in [-0.3, -0.25) is 19.7 Å². The maximum atomic E-state index is 13.5. The summed E-state index contributed by atoms with van der Waals surface area (Å²) in [5.74, 6) is 2.01. The van der Waals surface area contributed by atoms with Crippen molar-refractivity contribution in [3.8, 4) is 5.75 Å². The SMILES string of the molecule is CCCC(C1CCCCC1)N(CCCOC(C)=O)C(=O)CCCCCCOc1ccc2c(c1)CN1CC(=O)NC1=N2. The van der Waals surface area contributed by atoms with Crippen LogP contribution >= 0.6 is 0 Å². The number of hydrogen-bond donors (Lipinski definition) is 1. The molecule has 1 aromatic rings. The molecule has 4 rings (SSSR count). The topological polar surface area (TPSA) is 101 Å². The van der Waals surface area contributed by atoms with Gasteiger partial charge in [-0.25, -0.2) is 4.99 Å². The van der Waals surface area contributed by atoms with Crippen LogP contribution in [-0.2, 0) is 25.7 Å². The second-order valence-corrected chi connectivity index (χ2v) is 11.7. The lowest BCUT2D eigenvalue weighted by Gasteiger charge is -2.39. The van der Waals surface area contributed by atoms with Gasteiger partial charge in [-0.2, -0.15) is 0 Å². The van der Waals surface area contributed by atoms with Gasteiger partial charge in [0.15, 0.2) is 0 Å². The number of hydrogen-bond acceptors (Lipinski definition) is 7. The highest BCUT2D eigenvalue weighted by Gasteiger charge is 2.31. The number of esters is 1. The van der Waals surface area contributed by atoms with E-state index in [0.717, 1.165) is 55.5 Å². The van der Waals surface area contributed by atoms with Crippen molar-refractivity contribution >= 4 is 29.4 Å². The van der Waals surface area contributed by atoms with Gasteiger partial charge in [-0.15, -0.1) is 0 Å². The number of aliphatic imine (C=N–C) groups is 1. The van der Waals surface area contributed by atoms with Crippen LogP contribution in [0, 0.1) is 5.92 Å². The van der Waals surface area contributed by atoms with Gasteiger partial charge in [0, 0.05) is 38.0 Å². The highest BCUT2D eigenvalue weighted by Crippen LogP contribution is 2.32. The second kappa shape index (κ2) is 15.8. The fraction of sp³-hybridized carbons (Fsp3) is 0.688. The molecular formula is C32H48N4O5. The lowest BCUT2D eigenvalue weighted by atomic mass is 9.81. The zero-order valence-electron chi connectivity index (χ0n) is 25.0. The largest absolute Gasteiger partial charge is 0.494 e. The fourth-order valence-corrected chi connectivity index (χ4v) is 6.38. The van der Waals surface area contributed by atoms with Gasteiger partial charge in [0.2, 0.25) is 17.8 Å². The highest BCUT2D eigenvalue weighted by molar-refractivity contribution is 6.05. The van der Waals surface area contributed by atoms with Crippen molar-refractivity contribution in [3.63, 3.8) is 0 Å². The van der Waals surface area contributed by atoms with E-state index < -0.39 is 0 Å². The smallest absolute Gasteiger partial charge is 0.302 e. The van der Waals surface area contributed by atoms with Crippen molar-refractivity contribution in [1.29, 1.82) is 0 Å². The van der Waals surface area contributed by atoms with Gasteiger partial charge >= 0.3 is 5.97 Å². The van der Waals surface area contributed by atoms with Gasteiger partial charge in [-0.05, 0) is 62.6 Å². The lowest BCUT2D eigenvalue weighted by molar-refractivity contribution is -0.141. The third-order valence-corrected chi connectivity index (χ3v) is 8.43. The van der Waals surface area contributed by atoms with Crippen molar-refractivity contribution < 1.29 is 23.9 Å². The molecule has 1 N–H and O–H groups in total. The Bertz CT molecular complexity index is 1070. The molecule has 0 radical (unpaired) electrons. The van der Waals surface area contributed by atoms with Gasteiger partial charge in [0.1, 0.15) is 12.3 Å². The summed E-state index contributed by atoms with van der Waals surface area (Å²) >= 11 is 0. The van der Waals surface area contributed by atoms with E-state index in [1.165, 1.54) is 39.0 Å². The van der Waals surface area contributed by atoms with Crippen molar-refractivity contribution in [2.75, 3.05) is 26.3 Å². The summed E-state index contributed by atoms with van der Waals surface area (Å²) in [6, 6.07) is 6.20. The zero-order chi connectivity index (χ0) is 29.0. The second-order valence-electron chi connectivity index (χ2n) is 11.7. The van der Waals surface area contributed by atoms with E-state index in [0.29, 0.717) is 63.6 Å². The van der Waals surface area contributed by atoms with Crippen LogP contribution in [0.4, 0.5) is 5.69 Å². The number of carbonyl (C=O) groups is 3. The van der Waals surface area contributed by atoms with E-state index in [1.807, 2.05) is 23.1 Å². The van der Waals surface area contributed by atoms with Crippen molar-refractivity contribution in [2.24, 2.45) is 10.9 Å². The minimum atomic E-state index is -0.263. The van der Waals surface area contributed by atoms with E-state index in [2.05, 4.69) is 22.1 Å². The summed E-state index contributed by atoms with van der Waals surface area (Å²) in [5.41, 5.74) is 1.94. The van der Waals surface area contributed by atoms with E-state index in [1.54, 1.807) is 0 Å². The lowest BCUT2D eigenvalue weighted by Crippen LogP contribution is -2.46. The summed E-state index contributed by atoms with van der Waals surface area (Å²) in [4.78, 5) is 44.9. The quantitative estimate of drug-likeness (QED) is 0.209. The Labute approximate surface area is 245 Å². The molecular weight excluding hydrogens is 520 g/mol. The molecule has 1 aromatic carbocycles. The summed E-state index contributed by atoms with van der Waals surface area (Å²) in [6.45, 7) is 6.31. The third-order valence-electron chi connectivity index (χ3n) is 8.43. The standard InChI is InChI=1S/C32H48N4O5/c1-3-12-29(25-13-7-6-8-14-25)36(18-11-20-40-24(2)37)31(39)15-9-4-5-10-19-41-27-16-17-28-26(21-27)22-35-23-30(38)34-32(35)33-28/h16-17,21,25,29H,3-15,18-20,22-23H2,1-2H3,(H,33,34,38). The Morgan fingerprint density at radius 2 is 1.88 bits per heavy atom. The number of nitrogens with one attached hydrogen (secondary N) is 1. The van der Waals surface area contributed by atoms with E-state index in [4.69, 9.17) is 9.47 Å². The predicted molar refractivity (Wildman–Crippen MR) is 159 cm³/mol. The van der Waals surface area contributed by atoms with Gasteiger partial charge < -0.3 is 19.3 Å². The zero-order valence-corrected chi connectivity index (χ0v) is 25.0. The molecule has 1 saturated carbocycles. The first-order valence-corrected chi connectivity index (χ1v) is 15.8. The first kappa shape index (κ1) is 30.8. The Morgan fingerprint density at radius 1 is 1.07 bits per heavy atom. The first-order valence-electron chi connectivity index (χ1n) is 15.8. The monoisotopic (exact) mass is 568 g/mol. The van der Waals surface area contributed by atoms with Crippen LogP contribution in [0.1, 0.15) is 103 Å². The Morgan fingerprint density at radius 3 is 2.66 bits per heavy atom. The van der Waals surface area contributed by atoms with Crippen molar-refractivity contribution in [2.45, 2.75) is 110 Å². The minimum Gasteiger partial charge on any atom is -0.494 e. The fourth-order valence-electron chi connectivity index (χ4n) is 6.38. The molecule has 2 amide bonds. The molecule has 1 atom stereocenters. The summed E-state index contributed by atoms with van der Waals surface area (Å²) in [6.07, 6.45) is 13.5. The molecule has 0 spiro atoms. The molecule has 41 heavy (non-hydrogen) atoms. The van der Waals surface area contributed by atoms with E-state index >= 15 is 0 Å². The van der Waals surface area contributed by atoms with Crippen LogP contribution < -0.4 is 10.1 Å². The third kappa shape index (κ3) is 9.20. The number of amides is 2. The maximum Gasteiger partial charge on any atom is 0.302 e. The number of benzene rings is 1. The number of nitrogens with zero attached hydrogens (tertiary/aromatic N) is 3. The van der Waals surface area contributed by atoms with E-state index in [9.17, 15) is 14.4 Å². The molecule has 0 bridgehead atoms. The summed E-state index contributed by atoms with van der Waals surface area (Å²) in [7, 11) is 0. The molecule has 226 valence electrons. The molecule has 1 aliphatic carbocycles. The number of ether oxygens (including phenoxy) is 2. The molecule has 3 aliphatic rings. The molecule has 2 aliphatic heterocycles. The van der Waals surface area contributed by atoms with Crippen molar-refractivity contribution in [1.82, 2.24) is 15.1 Å². The van der Waals surface area contributed by atoms with Crippen LogP contribution in [-0.4, -0.2) is 65.9 Å². The molecule has 2 fully saturated rings. The minimum absolute atomic E-state index is 0.0216. The Kier molecular flexibility index (Phi) is 11.9.